The van der Waals surface area contributed by atoms with Gasteiger partial charge in [0.2, 0.25) is 0 Å². The predicted octanol–water partition coefficient (Wildman–Crippen LogP) is 7.02. The molecule has 0 saturated heterocycles. The maximum absolute atomic E-state index is 6.29. The first kappa shape index (κ1) is 20.9. The molecule has 4 nitrogen and oxygen atoms in total. The Balaban J connectivity index is 1.80. The second-order valence-electron chi connectivity index (χ2n) is 6.82. The fourth-order valence-corrected chi connectivity index (χ4v) is 3.95. The van der Waals surface area contributed by atoms with E-state index in [0.717, 1.165) is 34.0 Å². The average Bonchev–Trinajstić information content (AvgIpc) is 3.20. The number of ether oxygens (including phenoxy) is 2. The molecule has 7 heteroatoms. The van der Waals surface area contributed by atoms with Gasteiger partial charge in [-0.05, 0) is 48.0 Å². The highest BCUT2D eigenvalue weighted by atomic mass is 35.5. The summed E-state index contributed by atoms with van der Waals surface area (Å²) >= 11 is 18.5. The van der Waals surface area contributed by atoms with Crippen LogP contribution in [0.3, 0.4) is 0 Å². The third-order valence-electron chi connectivity index (χ3n) is 5.06. The molecule has 0 bridgehead atoms. The quantitative estimate of drug-likeness (QED) is 0.409. The zero-order valence-corrected chi connectivity index (χ0v) is 18.7. The van der Waals surface area contributed by atoms with Crippen LogP contribution in [0.5, 0.6) is 11.5 Å². The number of halogens is 3. The SMILES string of the molecule is COc1ccc(C2CC(c3ccc(Cl)cc3)=NN2c2ccc(Cl)c(Cl)c2)c(OC)c1. The fourth-order valence-electron chi connectivity index (χ4n) is 3.53. The number of methoxy groups -OCH3 is 2. The Morgan fingerprint density at radius 2 is 1.63 bits per heavy atom. The number of benzene rings is 3. The van der Waals surface area contributed by atoms with Crippen molar-refractivity contribution in [3.05, 3.63) is 86.9 Å². The van der Waals surface area contributed by atoms with E-state index >= 15 is 0 Å². The van der Waals surface area contributed by atoms with Crippen molar-refractivity contribution in [1.82, 2.24) is 0 Å². The van der Waals surface area contributed by atoms with Crippen LogP contribution in [0.25, 0.3) is 0 Å². The van der Waals surface area contributed by atoms with Crippen LogP contribution in [0.2, 0.25) is 15.1 Å². The van der Waals surface area contributed by atoms with Crippen molar-refractivity contribution in [2.75, 3.05) is 19.2 Å². The first-order chi connectivity index (χ1) is 14.5. The number of hydrogen-bond donors (Lipinski definition) is 0. The molecule has 1 atom stereocenters. The van der Waals surface area contributed by atoms with E-state index in [0.29, 0.717) is 21.5 Å². The molecule has 0 radical (unpaired) electrons. The maximum Gasteiger partial charge on any atom is 0.127 e. The number of nitrogens with zero attached hydrogens (tertiary/aromatic N) is 2. The molecule has 0 fully saturated rings. The van der Waals surface area contributed by atoms with Crippen LogP contribution in [-0.4, -0.2) is 19.9 Å². The molecule has 0 spiro atoms. The van der Waals surface area contributed by atoms with Crippen LogP contribution in [0, 0.1) is 0 Å². The van der Waals surface area contributed by atoms with Gasteiger partial charge < -0.3 is 9.47 Å². The smallest absolute Gasteiger partial charge is 0.127 e. The van der Waals surface area contributed by atoms with E-state index in [2.05, 4.69) is 0 Å². The Morgan fingerprint density at radius 1 is 0.867 bits per heavy atom. The summed E-state index contributed by atoms with van der Waals surface area (Å²) < 4.78 is 11.0. The second-order valence-corrected chi connectivity index (χ2v) is 8.08. The zero-order chi connectivity index (χ0) is 21.3. The minimum Gasteiger partial charge on any atom is -0.497 e. The molecular formula is C23H19Cl3N2O2. The summed E-state index contributed by atoms with van der Waals surface area (Å²) in [6.45, 7) is 0. The molecule has 0 saturated carbocycles. The number of rotatable bonds is 5. The van der Waals surface area contributed by atoms with Crippen molar-refractivity contribution in [2.24, 2.45) is 5.10 Å². The molecule has 1 unspecified atom stereocenters. The largest absolute Gasteiger partial charge is 0.497 e. The molecule has 1 aliphatic rings. The third kappa shape index (κ3) is 4.08. The monoisotopic (exact) mass is 460 g/mol. The molecule has 30 heavy (non-hydrogen) atoms. The van der Waals surface area contributed by atoms with Gasteiger partial charge in [0.15, 0.2) is 0 Å². The van der Waals surface area contributed by atoms with Crippen LogP contribution >= 0.6 is 34.8 Å². The zero-order valence-electron chi connectivity index (χ0n) is 16.4. The summed E-state index contributed by atoms with van der Waals surface area (Å²) in [5.74, 6) is 1.46. The molecule has 0 aromatic heterocycles. The van der Waals surface area contributed by atoms with Crippen molar-refractivity contribution in [3.63, 3.8) is 0 Å². The summed E-state index contributed by atoms with van der Waals surface area (Å²) in [5, 5.41) is 8.54. The van der Waals surface area contributed by atoms with Gasteiger partial charge in [0.1, 0.15) is 11.5 Å². The second kappa shape index (κ2) is 8.76. The van der Waals surface area contributed by atoms with Crippen molar-refractivity contribution in [2.45, 2.75) is 12.5 Å². The lowest BCUT2D eigenvalue weighted by Crippen LogP contribution is -2.19. The maximum atomic E-state index is 6.29. The predicted molar refractivity (Wildman–Crippen MR) is 124 cm³/mol. The van der Waals surface area contributed by atoms with E-state index in [9.17, 15) is 0 Å². The highest BCUT2D eigenvalue weighted by molar-refractivity contribution is 6.42. The van der Waals surface area contributed by atoms with Gasteiger partial charge in [0.25, 0.3) is 0 Å². The molecule has 0 aliphatic carbocycles. The highest BCUT2D eigenvalue weighted by Gasteiger charge is 2.32. The molecule has 0 amide bonds. The number of hydrazone groups is 1. The van der Waals surface area contributed by atoms with Gasteiger partial charge in [0.05, 0.1) is 41.7 Å². The summed E-state index contributed by atoms with van der Waals surface area (Å²) in [6, 6.07) is 18.9. The molecule has 4 rings (SSSR count). The summed E-state index contributed by atoms with van der Waals surface area (Å²) in [4.78, 5) is 0. The lowest BCUT2D eigenvalue weighted by atomic mass is 9.97. The van der Waals surface area contributed by atoms with E-state index in [4.69, 9.17) is 49.4 Å². The molecule has 3 aromatic carbocycles. The standard InChI is InChI=1S/C23H19Cl3N2O2/c1-29-17-8-9-18(23(12-17)30-2)22-13-21(14-3-5-15(24)6-4-14)27-28(22)16-7-10-19(25)20(26)11-16/h3-12,22H,13H2,1-2H3. The van der Waals surface area contributed by atoms with Crippen LogP contribution in [-0.2, 0) is 0 Å². The van der Waals surface area contributed by atoms with E-state index in [1.807, 2.05) is 59.6 Å². The van der Waals surface area contributed by atoms with Gasteiger partial charge in [0, 0.05) is 23.1 Å². The van der Waals surface area contributed by atoms with E-state index in [1.54, 1.807) is 20.3 Å². The molecular weight excluding hydrogens is 443 g/mol. The summed E-state index contributed by atoms with van der Waals surface area (Å²) in [5.41, 5.74) is 3.80. The third-order valence-corrected chi connectivity index (χ3v) is 6.05. The Morgan fingerprint density at radius 3 is 2.30 bits per heavy atom. The number of hydrogen-bond acceptors (Lipinski definition) is 4. The van der Waals surface area contributed by atoms with Crippen molar-refractivity contribution in [1.29, 1.82) is 0 Å². The van der Waals surface area contributed by atoms with E-state index in [1.165, 1.54) is 0 Å². The Hall–Kier alpha value is -2.40. The molecule has 1 heterocycles. The average molecular weight is 462 g/mol. The Labute approximate surface area is 190 Å². The molecule has 154 valence electrons. The fraction of sp³-hybridized carbons (Fsp3) is 0.174. The van der Waals surface area contributed by atoms with E-state index < -0.39 is 0 Å². The normalized spacial score (nSPS) is 15.8. The Bertz CT molecular complexity index is 1100. The van der Waals surface area contributed by atoms with Gasteiger partial charge in [-0.15, -0.1) is 0 Å². The Kier molecular flexibility index (Phi) is 6.09. The first-order valence-corrected chi connectivity index (χ1v) is 10.4. The van der Waals surface area contributed by atoms with Crippen molar-refractivity contribution >= 4 is 46.2 Å². The lowest BCUT2D eigenvalue weighted by Gasteiger charge is -2.26. The first-order valence-electron chi connectivity index (χ1n) is 9.30. The molecule has 1 aliphatic heterocycles. The van der Waals surface area contributed by atoms with Gasteiger partial charge in [-0.25, -0.2) is 0 Å². The minimum atomic E-state index is -0.0891. The van der Waals surface area contributed by atoms with Crippen molar-refractivity contribution in [3.8, 4) is 11.5 Å². The molecule has 3 aromatic rings. The van der Waals surface area contributed by atoms with Crippen LogP contribution < -0.4 is 14.5 Å². The van der Waals surface area contributed by atoms with Crippen LogP contribution in [0.1, 0.15) is 23.6 Å². The highest BCUT2D eigenvalue weighted by Crippen LogP contribution is 2.42. The van der Waals surface area contributed by atoms with E-state index in [-0.39, 0.29) is 6.04 Å². The lowest BCUT2D eigenvalue weighted by molar-refractivity contribution is 0.388. The summed E-state index contributed by atoms with van der Waals surface area (Å²) in [7, 11) is 3.28. The van der Waals surface area contributed by atoms with Gasteiger partial charge in [-0.3, -0.25) is 5.01 Å². The van der Waals surface area contributed by atoms with Crippen LogP contribution in [0.4, 0.5) is 5.69 Å². The topological polar surface area (TPSA) is 34.1 Å². The molecule has 0 N–H and O–H groups in total. The van der Waals surface area contributed by atoms with Gasteiger partial charge in [-0.1, -0.05) is 46.9 Å². The van der Waals surface area contributed by atoms with Crippen molar-refractivity contribution < 1.29 is 9.47 Å². The minimum absolute atomic E-state index is 0.0891. The van der Waals surface area contributed by atoms with Gasteiger partial charge in [-0.2, -0.15) is 5.10 Å². The van der Waals surface area contributed by atoms with Crippen LogP contribution in [0.15, 0.2) is 65.8 Å². The number of anilines is 1. The summed E-state index contributed by atoms with van der Waals surface area (Å²) in [6.07, 6.45) is 0.685. The van der Waals surface area contributed by atoms with Gasteiger partial charge >= 0.3 is 0 Å².